The van der Waals surface area contributed by atoms with Crippen molar-refractivity contribution in [1.82, 2.24) is 9.97 Å². The quantitative estimate of drug-likeness (QED) is 0.777. The van der Waals surface area contributed by atoms with E-state index in [0.29, 0.717) is 19.0 Å². The summed E-state index contributed by atoms with van der Waals surface area (Å²) in [7, 11) is 2.03. The van der Waals surface area contributed by atoms with Crippen molar-refractivity contribution < 1.29 is 4.74 Å². The van der Waals surface area contributed by atoms with Crippen molar-refractivity contribution >= 4 is 5.82 Å². The highest BCUT2D eigenvalue weighted by atomic mass is 16.5. The molecule has 1 heterocycles. The number of aromatic nitrogens is 2. The van der Waals surface area contributed by atoms with Crippen molar-refractivity contribution in [3.05, 3.63) is 11.9 Å². The summed E-state index contributed by atoms with van der Waals surface area (Å²) < 4.78 is 5.43. The van der Waals surface area contributed by atoms with Crippen molar-refractivity contribution in [2.75, 3.05) is 31.6 Å². The Balaban J connectivity index is 2.73. The Morgan fingerprint density at radius 1 is 1.41 bits per heavy atom. The van der Waals surface area contributed by atoms with E-state index in [1.165, 1.54) is 6.42 Å². The molecule has 0 amide bonds. The summed E-state index contributed by atoms with van der Waals surface area (Å²) in [6.45, 7) is 6.00. The van der Waals surface area contributed by atoms with Crippen LogP contribution in [0.15, 0.2) is 6.07 Å². The second-order valence-electron chi connectivity index (χ2n) is 4.02. The highest BCUT2D eigenvalue weighted by Gasteiger charge is 2.06. The lowest BCUT2D eigenvalue weighted by Gasteiger charge is -2.18. The number of hydrogen-bond acceptors (Lipinski definition) is 5. The number of unbranched alkanes of at least 4 members (excludes halogenated alkanes) is 1. The molecule has 5 nitrogen and oxygen atoms in total. The van der Waals surface area contributed by atoms with Crippen LogP contribution in [0, 0.1) is 6.92 Å². The molecule has 2 N–H and O–H groups in total. The highest BCUT2D eigenvalue weighted by molar-refractivity contribution is 5.40. The van der Waals surface area contributed by atoms with Crippen LogP contribution in [-0.2, 0) is 0 Å². The molecule has 0 aromatic carbocycles. The molecule has 0 saturated heterocycles. The first-order valence-electron chi connectivity index (χ1n) is 6.07. The van der Waals surface area contributed by atoms with Crippen molar-refractivity contribution in [2.24, 2.45) is 5.73 Å². The summed E-state index contributed by atoms with van der Waals surface area (Å²) >= 11 is 0. The number of nitrogens with two attached hydrogens (primary N) is 1. The fourth-order valence-electron chi connectivity index (χ4n) is 1.47. The van der Waals surface area contributed by atoms with E-state index in [1.54, 1.807) is 0 Å². The predicted molar refractivity (Wildman–Crippen MR) is 69.5 cm³/mol. The fraction of sp³-hybridized carbons (Fsp3) is 0.667. The minimum absolute atomic E-state index is 0.481. The molecule has 0 spiro atoms. The van der Waals surface area contributed by atoms with E-state index in [0.717, 1.165) is 24.6 Å². The minimum Gasteiger partial charge on any atom is -0.476 e. The van der Waals surface area contributed by atoms with Gasteiger partial charge in [-0.3, -0.25) is 0 Å². The van der Waals surface area contributed by atoms with Gasteiger partial charge in [-0.25, -0.2) is 4.98 Å². The molecule has 1 aromatic heterocycles. The van der Waals surface area contributed by atoms with E-state index in [2.05, 4.69) is 21.8 Å². The van der Waals surface area contributed by atoms with Crippen LogP contribution in [0.4, 0.5) is 5.82 Å². The Morgan fingerprint density at radius 2 is 2.18 bits per heavy atom. The lowest BCUT2D eigenvalue weighted by Crippen LogP contribution is -2.20. The second-order valence-corrected chi connectivity index (χ2v) is 4.02. The lowest BCUT2D eigenvalue weighted by atomic mass is 10.3. The van der Waals surface area contributed by atoms with Gasteiger partial charge in [0.15, 0.2) is 0 Å². The molecule has 0 atom stereocenters. The smallest absolute Gasteiger partial charge is 0.218 e. The number of rotatable bonds is 7. The van der Waals surface area contributed by atoms with Gasteiger partial charge in [-0.1, -0.05) is 13.3 Å². The van der Waals surface area contributed by atoms with Crippen molar-refractivity contribution in [3.63, 3.8) is 0 Å². The Kier molecular flexibility index (Phi) is 5.69. The summed E-state index contributed by atoms with van der Waals surface area (Å²) in [5.74, 6) is 2.22. The van der Waals surface area contributed by atoms with Gasteiger partial charge in [0.1, 0.15) is 18.2 Å². The van der Waals surface area contributed by atoms with Gasteiger partial charge in [0, 0.05) is 26.2 Å². The van der Waals surface area contributed by atoms with E-state index in [4.69, 9.17) is 10.5 Å². The molecule has 0 fully saturated rings. The van der Waals surface area contributed by atoms with Gasteiger partial charge in [0.25, 0.3) is 0 Å². The van der Waals surface area contributed by atoms with Crippen LogP contribution in [0.25, 0.3) is 0 Å². The topological polar surface area (TPSA) is 64.3 Å². The van der Waals surface area contributed by atoms with Gasteiger partial charge >= 0.3 is 0 Å². The number of anilines is 1. The van der Waals surface area contributed by atoms with Crippen LogP contribution in [0.5, 0.6) is 5.88 Å². The van der Waals surface area contributed by atoms with Crippen LogP contribution in [0.2, 0.25) is 0 Å². The summed E-state index contributed by atoms with van der Waals surface area (Å²) in [6.07, 6.45) is 2.32. The van der Waals surface area contributed by atoms with E-state index in [9.17, 15) is 0 Å². The molecule has 0 aliphatic rings. The maximum absolute atomic E-state index is 5.43. The summed E-state index contributed by atoms with van der Waals surface area (Å²) in [5.41, 5.74) is 5.40. The number of nitrogens with zero attached hydrogens (tertiary/aromatic N) is 3. The largest absolute Gasteiger partial charge is 0.476 e. The average Bonchev–Trinajstić information content (AvgIpc) is 2.32. The van der Waals surface area contributed by atoms with Crippen LogP contribution in [0.1, 0.15) is 25.6 Å². The molecule has 96 valence electrons. The zero-order chi connectivity index (χ0) is 12.7. The van der Waals surface area contributed by atoms with Crippen molar-refractivity contribution in [2.45, 2.75) is 26.7 Å². The predicted octanol–water partition coefficient (Wildman–Crippen LogP) is 1.36. The zero-order valence-electron chi connectivity index (χ0n) is 10.9. The van der Waals surface area contributed by atoms with Gasteiger partial charge in [-0.05, 0) is 13.3 Å². The van der Waals surface area contributed by atoms with E-state index in [1.807, 2.05) is 20.0 Å². The molecule has 5 heteroatoms. The van der Waals surface area contributed by atoms with E-state index in [-0.39, 0.29) is 0 Å². The van der Waals surface area contributed by atoms with Gasteiger partial charge in [-0.2, -0.15) is 4.98 Å². The third kappa shape index (κ3) is 4.56. The van der Waals surface area contributed by atoms with Gasteiger partial charge in [0.05, 0.1) is 0 Å². The number of aryl methyl sites for hydroxylation is 1. The first-order valence-corrected chi connectivity index (χ1v) is 6.07. The first-order chi connectivity index (χ1) is 8.17. The molecular formula is C12H22N4O. The number of ether oxygens (including phenoxy) is 1. The highest BCUT2D eigenvalue weighted by Crippen LogP contribution is 2.16. The van der Waals surface area contributed by atoms with E-state index >= 15 is 0 Å². The molecule has 0 radical (unpaired) electrons. The summed E-state index contributed by atoms with van der Waals surface area (Å²) in [4.78, 5) is 10.7. The van der Waals surface area contributed by atoms with E-state index < -0.39 is 0 Å². The maximum atomic E-state index is 5.43. The summed E-state index contributed by atoms with van der Waals surface area (Å²) in [6, 6.07) is 1.86. The average molecular weight is 238 g/mol. The van der Waals surface area contributed by atoms with Crippen LogP contribution < -0.4 is 15.4 Å². The van der Waals surface area contributed by atoms with Crippen molar-refractivity contribution in [3.8, 4) is 5.88 Å². The monoisotopic (exact) mass is 238 g/mol. The maximum Gasteiger partial charge on any atom is 0.218 e. The first kappa shape index (κ1) is 13.7. The van der Waals surface area contributed by atoms with Crippen LogP contribution >= 0.6 is 0 Å². The Labute approximate surface area is 103 Å². The molecule has 0 bridgehead atoms. The molecule has 1 rings (SSSR count). The van der Waals surface area contributed by atoms with Crippen molar-refractivity contribution in [1.29, 1.82) is 0 Å². The Bertz CT molecular complexity index is 343. The molecule has 0 aliphatic carbocycles. The standard InChI is InChI=1S/C12H22N4O/c1-4-5-7-16(3)11-9-12(17-8-6-13)15-10(2)14-11/h9H,4-8,13H2,1-3H3. The normalized spacial score (nSPS) is 10.4. The number of hydrogen-bond donors (Lipinski definition) is 1. The SMILES string of the molecule is CCCCN(C)c1cc(OCCN)nc(C)n1. The lowest BCUT2D eigenvalue weighted by molar-refractivity contribution is 0.314. The molecule has 17 heavy (non-hydrogen) atoms. The van der Waals surface area contributed by atoms with Crippen LogP contribution in [-0.4, -0.2) is 36.7 Å². The van der Waals surface area contributed by atoms with Crippen LogP contribution in [0.3, 0.4) is 0 Å². The van der Waals surface area contributed by atoms with Gasteiger partial charge < -0.3 is 15.4 Å². The van der Waals surface area contributed by atoms with Gasteiger partial charge in [0.2, 0.25) is 5.88 Å². The Morgan fingerprint density at radius 3 is 2.82 bits per heavy atom. The molecule has 1 aromatic rings. The van der Waals surface area contributed by atoms with Gasteiger partial charge in [-0.15, -0.1) is 0 Å². The Hall–Kier alpha value is -1.36. The third-order valence-electron chi connectivity index (χ3n) is 2.41. The second kappa shape index (κ2) is 7.06. The molecule has 0 aliphatic heterocycles. The zero-order valence-corrected chi connectivity index (χ0v) is 10.9. The summed E-state index contributed by atoms with van der Waals surface area (Å²) in [5, 5.41) is 0. The fourth-order valence-corrected chi connectivity index (χ4v) is 1.47. The third-order valence-corrected chi connectivity index (χ3v) is 2.41. The molecule has 0 unspecified atom stereocenters. The molecule has 0 saturated carbocycles. The molecular weight excluding hydrogens is 216 g/mol. The minimum atomic E-state index is 0.481.